The minimum Gasteiger partial charge on any atom is -0.324 e. The molecule has 0 spiro atoms. The van der Waals surface area contributed by atoms with Crippen molar-refractivity contribution in [3.8, 4) is 0 Å². The van der Waals surface area contributed by atoms with Gasteiger partial charge in [-0.3, -0.25) is 39.2 Å². The Hall–Kier alpha value is -3.63. The van der Waals surface area contributed by atoms with Gasteiger partial charge in [0.05, 0.1) is 23.7 Å². The van der Waals surface area contributed by atoms with Crippen molar-refractivity contribution in [3.05, 3.63) is 68.8 Å². The molecule has 1 fully saturated rings. The predicted molar refractivity (Wildman–Crippen MR) is 121 cm³/mol. The van der Waals surface area contributed by atoms with Gasteiger partial charge in [-0.25, -0.2) is 0 Å². The lowest BCUT2D eigenvalue weighted by Gasteiger charge is -2.35. The van der Waals surface area contributed by atoms with Gasteiger partial charge in [0.15, 0.2) is 0 Å². The van der Waals surface area contributed by atoms with Crippen molar-refractivity contribution >= 4 is 29.1 Å². The topological polar surface area (TPSA) is 116 Å². The van der Waals surface area contributed by atoms with Crippen LogP contribution in [0.1, 0.15) is 31.8 Å². The van der Waals surface area contributed by atoms with E-state index in [4.69, 9.17) is 0 Å². The van der Waals surface area contributed by atoms with Gasteiger partial charge in [0.25, 0.3) is 17.5 Å². The number of nitrogens with one attached hydrogen (secondary N) is 1. The van der Waals surface area contributed by atoms with E-state index < -0.39 is 16.7 Å². The standard InChI is InChI=1S/C23H25N5O5/c1-15-5-3-6-16(2)21(15)24-19(29)13-25-9-11-26(12-10-25)14-27-22(30)17-7-4-8-18(28(32)33)20(17)23(27)31/h3-8H,9-14H2,1-2H3,(H,24,29). The average Bonchev–Trinajstić information content (AvgIpc) is 3.02. The van der Waals surface area contributed by atoms with Crippen LogP contribution in [-0.2, 0) is 4.79 Å². The molecule has 172 valence electrons. The number of amides is 3. The molecule has 0 saturated carbocycles. The highest BCUT2D eigenvalue weighted by Crippen LogP contribution is 2.30. The van der Waals surface area contributed by atoms with E-state index in [0.717, 1.165) is 21.7 Å². The van der Waals surface area contributed by atoms with Gasteiger partial charge in [0.1, 0.15) is 5.56 Å². The number of anilines is 1. The van der Waals surface area contributed by atoms with Crippen molar-refractivity contribution in [2.75, 3.05) is 44.7 Å². The predicted octanol–water partition coefficient (Wildman–Crippen LogP) is 2.02. The van der Waals surface area contributed by atoms with Gasteiger partial charge in [-0.05, 0) is 31.0 Å². The Morgan fingerprint density at radius 1 is 0.970 bits per heavy atom. The molecular formula is C23H25N5O5. The fourth-order valence-corrected chi connectivity index (χ4v) is 4.28. The first kappa shape index (κ1) is 22.6. The van der Waals surface area contributed by atoms with Gasteiger partial charge in [-0.15, -0.1) is 0 Å². The van der Waals surface area contributed by atoms with E-state index in [2.05, 4.69) is 5.32 Å². The maximum absolute atomic E-state index is 12.8. The van der Waals surface area contributed by atoms with E-state index in [9.17, 15) is 24.5 Å². The maximum atomic E-state index is 12.8. The van der Waals surface area contributed by atoms with Crippen LogP contribution in [0.5, 0.6) is 0 Å². The number of nitro groups is 1. The molecule has 2 aromatic rings. The maximum Gasteiger partial charge on any atom is 0.282 e. The Kier molecular flexibility index (Phi) is 6.21. The number of nitro benzene ring substituents is 1. The number of benzene rings is 2. The molecule has 0 bridgehead atoms. The first-order valence-electron chi connectivity index (χ1n) is 10.7. The zero-order valence-corrected chi connectivity index (χ0v) is 18.5. The molecule has 2 aliphatic rings. The minimum absolute atomic E-state index is 0.0615. The molecule has 2 aliphatic heterocycles. The molecule has 10 nitrogen and oxygen atoms in total. The summed E-state index contributed by atoms with van der Waals surface area (Å²) in [5.74, 6) is -1.25. The zero-order chi connectivity index (χ0) is 23.7. The van der Waals surface area contributed by atoms with Crippen LogP contribution in [0.15, 0.2) is 36.4 Å². The molecule has 4 rings (SSSR count). The Morgan fingerprint density at radius 2 is 1.58 bits per heavy atom. The summed E-state index contributed by atoms with van der Waals surface area (Å²) in [5, 5.41) is 14.2. The Morgan fingerprint density at radius 3 is 2.21 bits per heavy atom. The molecule has 2 aromatic carbocycles. The fourth-order valence-electron chi connectivity index (χ4n) is 4.28. The van der Waals surface area contributed by atoms with Gasteiger partial charge in [0, 0.05) is 37.9 Å². The molecule has 0 aliphatic carbocycles. The second-order valence-electron chi connectivity index (χ2n) is 8.35. The minimum atomic E-state index is -0.643. The number of carbonyl (C=O) groups excluding carboxylic acids is 3. The van der Waals surface area contributed by atoms with Gasteiger partial charge in [0.2, 0.25) is 5.91 Å². The third-order valence-electron chi connectivity index (χ3n) is 6.09. The number of piperazine rings is 1. The number of hydrogen-bond donors (Lipinski definition) is 1. The second kappa shape index (κ2) is 9.08. The molecule has 0 atom stereocenters. The highest BCUT2D eigenvalue weighted by molar-refractivity contribution is 6.23. The van der Waals surface area contributed by atoms with Gasteiger partial charge < -0.3 is 5.32 Å². The third kappa shape index (κ3) is 4.48. The van der Waals surface area contributed by atoms with E-state index in [0.29, 0.717) is 26.2 Å². The van der Waals surface area contributed by atoms with Crippen LogP contribution in [0, 0.1) is 24.0 Å². The zero-order valence-electron chi connectivity index (χ0n) is 18.5. The molecule has 2 heterocycles. The quantitative estimate of drug-likeness (QED) is 0.406. The SMILES string of the molecule is Cc1cccc(C)c1NC(=O)CN1CCN(CN2C(=O)c3cccc([N+](=O)[O-])c3C2=O)CC1. The molecule has 0 radical (unpaired) electrons. The molecule has 3 amide bonds. The highest BCUT2D eigenvalue weighted by Gasteiger charge is 2.41. The van der Waals surface area contributed by atoms with Crippen LogP contribution < -0.4 is 5.32 Å². The normalized spacial score (nSPS) is 16.7. The molecule has 1 saturated heterocycles. The number of aryl methyl sites for hydroxylation is 2. The molecule has 0 unspecified atom stereocenters. The summed E-state index contributed by atoms with van der Waals surface area (Å²) in [6.45, 7) is 6.54. The van der Waals surface area contributed by atoms with Crippen molar-refractivity contribution in [3.63, 3.8) is 0 Å². The summed E-state index contributed by atoms with van der Waals surface area (Å²) in [6, 6.07) is 9.94. The van der Waals surface area contributed by atoms with E-state index in [-0.39, 0.29) is 35.9 Å². The number of imide groups is 1. The molecule has 0 aromatic heterocycles. The van der Waals surface area contributed by atoms with Gasteiger partial charge >= 0.3 is 0 Å². The summed E-state index contributed by atoms with van der Waals surface area (Å²) in [7, 11) is 0. The van der Waals surface area contributed by atoms with Crippen molar-refractivity contribution in [1.29, 1.82) is 0 Å². The van der Waals surface area contributed by atoms with Crippen molar-refractivity contribution in [2.24, 2.45) is 0 Å². The third-order valence-corrected chi connectivity index (χ3v) is 6.09. The van der Waals surface area contributed by atoms with E-state index in [1.54, 1.807) is 0 Å². The molecule has 1 N–H and O–H groups in total. The van der Waals surface area contributed by atoms with Crippen LogP contribution in [-0.4, -0.2) is 76.7 Å². The number of para-hydroxylation sites is 1. The first-order valence-corrected chi connectivity index (χ1v) is 10.7. The van der Waals surface area contributed by atoms with Crippen LogP contribution in [0.4, 0.5) is 11.4 Å². The smallest absolute Gasteiger partial charge is 0.282 e. The summed E-state index contributed by atoms with van der Waals surface area (Å²) in [6.07, 6.45) is 0. The first-order chi connectivity index (χ1) is 15.8. The second-order valence-corrected chi connectivity index (χ2v) is 8.35. The fraction of sp³-hybridized carbons (Fsp3) is 0.348. The number of nitrogens with zero attached hydrogens (tertiary/aromatic N) is 4. The van der Waals surface area contributed by atoms with Crippen LogP contribution in [0.3, 0.4) is 0 Å². The van der Waals surface area contributed by atoms with Gasteiger partial charge in [-0.1, -0.05) is 24.3 Å². The molecule has 33 heavy (non-hydrogen) atoms. The van der Waals surface area contributed by atoms with Crippen molar-refractivity contribution in [1.82, 2.24) is 14.7 Å². The summed E-state index contributed by atoms with van der Waals surface area (Å²) < 4.78 is 0. The number of hydrogen-bond acceptors (Lipinski definition) is 7. The summed E-state index contributed by atoms with van der Waals surface area (Å²) in [4.78, 5) is 53.6. The van der Waals surface area contributed by atoms with Crippen LogP contribution in [0.25, 0.3) is 0 Å². The van der Waals surface area contributed by atoms with E-state index in [1.807, 2.05) is 41.8 Å². The van der Waals surface area contributed by atoms with Crippen LogP contribution >= 0.6 is 0 Å². The largest absolute Gasteiger partial charge is 0.324 e. The van der Waals surface area contributed by atoms with E-state index in [1.165, 1.54) is 18.2 Å². The lowest BCUT2D eigenvalue weighted by Crippen LogP contribution is -2.52. The molecule has 10 heteroatoms. The van der Waals surface area contributed by atoms with Crippen molar-refractivity contribution in [2.45, 2.75) is 13.8 Å². The summed E-state index contributed by atoms with van der Waals surface area (Å²) in [5.41, 5.74) is 2.42. The monoisotopic (exact) mass is 451 g/mol. The Labute approximate surface area is 190 Å². The molecular weight excluding hydrogens is 426 g/mol. The van der Waals surface area contributed by atoms with Crippen molar-refractivity contribution < 1.29 is 19.3 Å². The Bertz CT molecular complexity index is 1120. The van der Waals surface area contributed by atoms with Crippen LogP contribution in [0.2, 0.25) is 0 Å². The number of carbonyl (C=O) groups is 3. The Balaban J connectivity index is 1.32. The van der Waals surface area contributed by atoms with Gasteiger partial charge in [-0.2, -0.15) is 0 Å². The highest BCUT2D eigenvalue weighted by atomic mass is 16.6. The number of fused-ring (bicyclic) bond motifs is 1. The summed E-state index contributed by atoms with van der Waals surface area (Å²) >= 11 is 0. The average molecular weight is 451 g/mol. The lowest BCUT2D eigenvalue weighted by atomic mass is 10.1. The van der Waals surface area contributed by atoms with E-state index >= 15 is 0 Å². The lowest BCUT2D eigenvalue weighted by molar-refractivity contribution is -0.385. The number of rotatable bonds is 6.